The van der Waals surface area contributed by atoms with Crippen molar-refractivity contribution >= 4 is 17.7 Å². The molecule has 0 atom stereocenters. The average Bonchev–Trinajstić information content (AvgIpc) is 3.54. The van der Waals surface area contributed by atoms with Gasteiger partial charge in [0.25, 0.3) is 0 Å². The molecule has 1 amide bonds. The fourth-order valence-electron chi connectivity index (χ4n) is 7.39. The van der Waals surface area contributed by atoms with Gasteiger partial charge in [-0.3, -0.25) is 19.0 Å². The van der Waals surface area contributed by atoms with Gasteiger partial charge in [-0.05, 0) is 111 Å². The zero-order valence-electron chi connectivity index (χ0n) is 27.2. The SMILES string of the molecule is CC(C)n1ncc2c1C(=O)CC1(CCN(C(=O)OC(C)(C)C)CC1)C2.CC(C)n1ncc2c1C(=O)CC1(CCNCC1)C2. The van der Waals surface area contributed by atoms with Crippen molar-refractivity contribution < 1.29 is 19.1 Å². The zero-order chi connectivity index (χ0) is 31.2. The molecule has 4 aliphatic rings. The van der Waals surface area contributed by atoms with Gasteiger partial charge < -0.3 is 15.0 Å². The van der Waals surface area contributed by atoms with Gasteiger partial charge in [0.05, 0.1) is 12.4 Å². The van der Waals surface area contributed by atoms with E-state index in [1.807, 2.05) is 56.4 Å². The van der Waals surface area contributed by atoms with Crippen LogP contribution in [0.2, 0.25) is 0 Å². The van der Waals surface area contributed by atoms with Crippen LogP contribution in [-0.4, -0.2) is 73.9 Å². The number of carbonyl (C=O) groups is 3. The number of fused-ring (bicyclic) bond motifs is 2. The van der Waals surface area contributed by atoms with E-state index in [4.69, 9.17) is 4.74 Å². The maximum absolute atomic E-state index is 12.8. The summed E-state index contributed by atoms with van der Waals surface area (Å²) in [6.07, 6.45) is 10.6. The molecule has 0 bridgehead atoms. The highest BCUT2D eigenvalue weighted by Crippen LogP contribution is 2.44. The Labute approximate surface area is 255 Å². The molecule has 2 spiro atoms. The van der Waals surface area contributed by atoms with Gasteiger partial charge in [-0.2, -0.15) is 10.2 Å². The first-order valence-electron chi connectivity index (χ1n) is 16.1. The second-order valence-electron chi connectivity index (χ2n) is 14.9. The molecule has 4 heterocycles. The molecule has 0 saturated carbocycles. The minimum atomic E-state index is -0.479. The Hall–Kier alpha value is -3.01. The molecule has 2 fully saturated rings. The lowest BCUT2D eigenvalue weighted by Crippen LogP contribution is -2.47. The Bertz CT molecular complexity index is 1350. The molecule has 10 heteroatoms. The summed E-state index contributed by atoms with van der Waals surface area (Å²) < 4.78 is 9.21. The number of ketones is 2. The minimum absolute atomic E-state index is 0.0343. The molecule has 43 heavy (non-hydrogen) atoms. The fourth-order valence-corrected chi connectivity index (χ4v) is 7.39. The van der Waals surface area contributed by atoms with Crippen LogP contribution >= 0.6 is 0 Å². The lowest BCUT2D eigenvalue weighted by Gasteiger charge is -2.43. The van der Waals surface area contributed by atoms with Crippen LogP contribution in [0, 0.1) is 10.8 Å². The van der Waals surface area contributed by atoms with Crippen LogP contribution in [0.5, 0.6) is 0 Å². The van der Waals surface area contributed by atoms with E-state index >= 15 is 0 Å². The number of hydrogen-bond donors (Lipinski definition) is 1. The summed E-state index contributed by atoms with van der Waals surface area (Å²) in [6.45, 7) is 17.3. The number of rotatable bonds is 2. The Morgan fingerprint density at radius 3 is 1.65 bits per heavy atom. The summed E-state index contributed by atoms with van der Waals surface area (Å²) in [7, 11) is 0. The molecule has 0 aromatic carbocycles. The Kier molecular flexibility index (Phi) is 8.64. The number of piperidine rings is 2. The van der Waals surface area contributed by atoms with Gasteiger partial charge in [0.1, 0.15) is 17.0 Å². The molecule has 2 aromatic heterocycles. The van der Waals surface area contributed by atoms with E-state index in [1.165, 1.54) is 5.56 Å². The van der Waals surface area contributed by atoms with Crippen molar-refractivity contribution in [3.63, 3.8) is 0 Å². The fraction of sp³-hybridized carbons (Fsp3) is 0.727. The summed E-state index contributed by atoms with van der Waals surface area (Å²) in [4.78, 5) is 39.3. The Morgan fingerprint density at radius 1 is 0.791 bits per heavy atom. The van der Waals surface area contributed by atoms with Crippen molar-refractivity contribution in [1.82, 2.24) is 29.8 Å². The minimum Gasteiger partial charge on any atom is -0.444 e. The Morgan fingerprint density at radius 2 is 1.23 bits per heavy atom. The third-order valence-corrected chi connectivity index (χ3v) is 9.59. The smallest absolute Gasteiger partial charge is 0.410 e. The van der Waals surface area contributed by atoms with Gasteiger partial charge in [-0.15, -0.1) is 0 Å². The molecule has 236 valence electrons. The number of Topliss-reactive ketones (excluding diaryl/α,β-unsaturated/α-hetero) is 2. The second-order valence-corrected chi connectivity index (χ2v) is 14.9. The van der Waals surface area contributed by atoms with Crippen molar-refractivity contribution in [3.05, 3.63) is 34.9 Å². The summed E-state index contributed by atoms with van der Waals surface area (Å²) >= 11 is 0. The number of nitrogens with zero attached hydrogens (tertiary/aromatic N) is 5. The van der Waals surface area contributed by atoms with Crippen LogP contribution in [0.15, 0.2) is 12.4 Å². The van der Waals surface area contributed by atoms with Gasteiger partial charge in [0.2, 0.25) is 0 Å². The first-order chi connectivity index (χ1) is 20.2. The van der Waals surface area contributed by atoms with Crippen molar-refractivity contribution in [2.45, 2.75) is 118 Å². The third-order valence-electron chi connectivity index (χ3n) is 9.59. The molecule has 2 aliphatic carbocycles. The molecule has 2 aliphatic heterocycles. The quantitative estimate of drug-likeness (QED) is 0.484. The van der Waals surface area contributed by atoms with Crippen LogP contribution in [0.1, 0.15) is 131 Å². The largest absolute Gasteiger partial charge is 0.444 e. The highest BCUT2D eigenvalue weighted by Gasteiger charge is 2.44. The number of amides is 1. The van der Waals surface area contributed by atoms with Crippen molar-refractivity contribution in [2.24, 2.45) is 10.8 Å². The van der Waals surface area contributed by atoms with Crippen molar-refractivity contribution in [3.8, 4) is 0 Å². The van der Waals surface area contributed by atoms with E-state index in [9.17, 15) is 14.4 Å². The van der Waals surface area contributed by atoms with Gasteiger partial charge in [-0.25, -0.2) is 4.79 Å². The first-order valence-corrected chi connectivity index (χ1v) is 16.1. The third kappa shape index (κ3) is 6.59. The van der Waals surface area contributed by atoms with E-state index in [2.05, 4.69) is 29.4 Å². The molecule has 6 rings (SSSR count). The van der Waals surface area contributed by atoms with E-state index in [1.54, 1.807) is 4.90 Å². The molecule has 2 saturated heterocycles. The predicted molar refractivity (Wildman–Crippen MR) is 165 cm³/mol. The van der Waals surface area contributed by atoms with Gasteiger partial charge in [0, 0.05) is 49.1 Å². The first kappa shape index (κ1) is 31.4. The summed E-state index contributed by atoms with van der Waals surface area (Å²) in [5.41, 5.74) is 3.59. The number of likely N-dealkylation sites (tertiary alicyclic amines) is 1. The van der Waals surface area contributed by atoms with Gasteiger partial charge in [0.15, 0.2) is 11.6 Å². The maximum Gasteiger partial charge on any atom is 0.410 e. The number of ether oxygens (including phenoxy) is 1. The van der Waals surface area contributed by atoms with Crippen LogP contribution < -0.4 is 5.32 Å². The molecule has 1 N–H and O–H groups in total. The average molecular weight is 595 g/mol. The van der Waals surface area contributed by atoms with E-state index in [-0.39, 0.29) is 34.8 Å². The van der Waals surface area contributed by atoms with Gasteiger partial charge >= 0.3 is 6.09 Å². The lowest BCUT2D eigenvalue weighted by molar-refractivity contribution is 0.00877. The van der Waals surface area contributed by atoms with E-state index in [0.717, 1.165) is 68.6 Å². The predicted octanol–water partition coefficient (Wildman–Crippen LogP) is 5.57. The van der Waals surface area contributed by atoms with Crippen LogP contribution in [-0.2, 0) is 17.6 Å². The Balaban J connectivity index is 0.000000180. The molecule has 10 nitrogen and oxygen atoms in total. The summed E-state index contributed by atoms with van der Waals surface area (Å²) in [5.74, 6) is 0.488. The highest BCUT2D eigenvalue weighted by atomic mass is 16.6. The maximum atomic E-state index is 12.8. The molecule has 2 aromatic rings. The molecule has 0 unspecified atom stereocenters. The number of nitrogens with one attached hydrogen (secondary N) is 1. The van der Waals surface area contributed by atoms with Crippen LogP contribution in [0.25, 0.3) is 0 Å². The van der Waals surface area contributed by atoms with Crippen LogP contribution in [0.3, 0.4) is 0 Å². The van der Waals surface area contributed by atoms with Crippen molar-refractivity contribution in [1.29, 1.82) is 0 Å². The monoisotopic (exact) mass is 594 g/mol. The van der Waals surface area contributed by atoms with Crippen molar-refractivity contribution in [2.75, 3.05) is 26.2 Å². The molecular formula is C33H50N6O4. The van der Waals surface area contributed by atoms with Gasteiger partial charge in [-0.1, -0.05) is 0 Å². The normalized spacial score (nSPS) is 21.1. The highest BCUT2D eigenvalue weighted by molar-refractivity contribution is 5.98. The topological polar surface area (TPSA) is 111 Å². The number of aromatic nitrogens is 4. The molecular weight excluding hydrogens is 544 g/mol. The second kappa shape index (κ2) is 11.8. The van der Waals surface area contributed by atoms with E-state index < -0.39 is 5.60 Å². The summed E-state index contributed by atoms with van der Waals surface area (Å²) in [5, 5.41) is 12.2. The number of carbonyl (C=O) groups excluding carboxylic acids is 3. The summed E-state index contributed by atoms with van der Waals surface area (Å²) in [6, 6.07) is 0.454. The standard InChI is InChI=1S/C19H29N3O3.C14H21N3O/c1-13(2)22-16-14(12-20-22)10-19(11-15(16)23)6-8-21(9-7-19)17(24)25-18(3,4)5;1-10(2)17-13-11(9-16-17)7-14(8-12(13)18)3-5-15-6-4-14/h12-13H,6-11H2,1-5H3;9-10,15H,3-8H2,1-2H3. The zero-order valence-corrected chi connectivity index (χ0v) is 27.2. The van der Waals surface area contributed by atoms with E-state index in [0.29, 0.717) is 31.7 Å². The number of hydrogen-bond acceptors (Lipinski definition) is 7. The molecule has 0 radical (unpaired) electrons. The lowest BCUT2D eigenvalue weighted by atomic mass is 9.67. The van der Waals surface area contributed by atoms with Crippen LogP contribution in [0.4, 0.5) is 4.79 Å².